The van der Waals surface area contributed by atoms with Gasteiger partial charge in [-0.3, -0.25) is 10.1 Å². The van der Waals surface area contributed by atoms with Crippen molar-refractivity contribution < 1.29 is 4.92 Å². The van der Waals surface area contributed by atoms with E-state index in [2.05, 4.69) is 31.2 Å². The molecule has 6 nitrogen and oxygen atoms in total. The Balaban J connectivity index is 2.00. The third-order valence-electron chi connectivity index (χ3n) is 2.52. The summed E-state index contributed by atoms with van der Waals surface area (Å²) in [6, 6.07) is 6.79. The van der Waals surface area contributed by atoms with E-state index in [4.69, 9.17) is 0 Å². The molecule has 0 fully saturated rings. The van der Waals surface area contributed by atoms with Gasteiger partial charge in [-0.15, -0.1) is 0 Å². The summed E-state index contributed by atoms with van der Waals surface area (Å²) in [6.07, 6.45) is 3.16. The molecule has 0 saturated carbocycles. The Bertz CT molecular complexity index is 577. The van der Waals surface area contributed by atoms with Gasteiger partial charge in [-0.1, -0.05) is 12.1 Å². The average Bonchev–Trinajstić information content (AvgIpc) is 2.41. The van der Waals surface area contributed by atoms with Crippen molar-refractivity contribution in [3.05, 3.63) is 62.6 Å². The standard InChI is InChI=1S/C12H11BrN4O2/c13-12-9(2-1-3-11(12)17(18)19)6-15-7-10-4-5-14-8-16-10/h1-5,8,15H,6-7H2. The summed E-state index contributed by atoms with van der Waals surface area (Å²) >= 11 is 3.26. The van der Waals surface area contributed by atoms with Gasteiger partial charge in [-0.2, -0.15) is 0 Å². The van der Waals surface area contributed by atoms with Crippen LogP contribution in [0.3, 0.4) is 0 Å². The largest absolute Gasteiger partial charge is 0.307 e. The zero-order valence-electron chi connectivity index (χ0n) is 9.91. The second kappa shape index (κ2) is 6.35. The van der Waals surface area contributed by atoms with Crippen LogP contribution in [0.15, 0.2) is 41.3 Å². The SMILES string of the molecule is O=[N+]([O-])c1cccc(CNCc2ccncn2)c1Br. The van der Waals surface area contributed by atoms with Gasteiger partial charge >= 0.3 is 0 Å². The van der Waals surface area contributed by atoms with Crippen molar-refractivity contribution in [1.29, 1.82) is 0 Å². The van der Waals surface area contributed by atoms with Crippen LogP contribution in [0.1, 0.15) is 11.3 Å². The van der Waals surface area contributed by atoms with E-state index in [0.29, 0.717) is 17.6 Å². The fourth-order valence-corrected chi connectivity index (χ4v) is 2.14. The lowest BCUT2D eigenvalue weighted by atomic mass is 10.2. The number of hydrogen-bond acceptors (Lipinski definition) is 5. The molecule has 0 bridgehead atoms. The highest BCUT2D eigenvalue weighted by Crippen LogP contribution is 2.28. The van der Waals surface area contributed by atoms with E-state index in [1.165, 1.54) is 12.4 Å². The fraction of sp³-hybridized carbons (Fsp3) is 0.167. The molecule has 7 heteroatoms. The Morgan fingerprint density at radius 1 is 1.32 bits per heavy atom. The minimum atomic E-state index is -0.405. The topological polar surface area (TPSA) is 81.0 Å². The number of benzene rings is 1. The van der Waals surface area contributed by atoms with Crippen molar-refractivity contribution in [3.8, 4) is 0 Å². The quantitative estimate of drug-likeness (QED) is 0.675. The van der Waals surface area contributed by atoms with Gasteiger partial charge in [0, 0.05) is 25.4 Å². The molecule has 0 saturated heterocycles. The van der Waals surface area contributed by atoms with Crippen LogP contribution in [0.25, 0.3) is 0 Å². The van der Waals surface area contributed by atoms with Crippen LogP contribution < -0.4 is 5.32 Å². The molecule has 1 N–H and O–H groups in total. The van der Waals surface area contributed by atoms with Crippen molar-refractivity contribution >= 4 is 21.6 Å². The van der Waals surface area contributed by atoms with Gasteiger partial charge < -0.3 is 5.32 Å². The first kappa shape index (κ1) is 13.6. The summed E-state index contributed by atoms with van der Waals surface area (Å²) in [7, 11) is 0. The van der Waals surface area contributed by atoms with Crippen LogP contribution in [0.2, 0.25) is 0 Å². The summed E-state index contributed by atoms with van der Waals surface area (Å²) in [5.74, 6) is 0. The number of nitrogens with zero attached hydrogens (tertiary/aromatic N) is 3. The Labute approximate surface area is 118 Å². The van der Waals surface area contributed by atoms with Crippen LogP contribution >= 0.6 is 15.9 Å². The van der Waals surface area contributed by atoms with Crippen LogP contribution in [-0.2, 0) is 13.1 Å². The van der Waals surface area contributed by atoms with E-state index in [1.807, 2.05) is 12.1 Å². The maximum Gasteiger partial charge on any atom is 0.283 e. The zero-order valence-corrected chi connectivity index (χ0v) is 11.5. The van der Waals surface area contributed by atoms with Crippen molar-refractivity contribution in [2.45, 2.75) is 13.1 Å². The number of nitrogens with one attached hydrogen (secondary N) is 1. The average molecular weight is 323 g/mol. The molecule has 1 aromatic carbocycles. The van der Waals surface area contributed by atoms with Crippen molar-refractivity contribution in [2.24, 2.45) is 0 Å². The third-order valence-corrected chi connectivity index (χ3v) is 3.44. The van der Waals surface area contributed by atoms with Crippen LogP contribution in [-0.4, -0.2) is 14.9 Å². The van der Waals surface area contributed by atoms with E-state index in [1.54, 1.807) is 12.3 Å². The Morgan fingerprint density at radius 2 is 2.16 bits per heavy atom. The number of nitro benzene ring substituents is 1. The van der Waals surface area contributed by atoms with Crippen molar-refractivity contribution in [3.63, 3.8) is 0 Å². The molecule has 2 aromatic rings. The maximum atomic E-state index is 10.8. The zero-order chi connectivity index (χ0) is 13.7. The minimum absolute atomic E-state index is 0.0707. The molecule has 98 valence electrons. The molecule has 0 radical (unpaired) electrons. The first-order valence-electron chi connectivity index (χ1n) is 5.56. The molecular weight excluding hydrogens is 312 g/mol. The first-order chi connectivity index (χ1) is 9.18. The Hall–Kier alpha value is -1.86. The summed E-state index contributed by atoms with van der Waals surface area (Å²) in [5, 5.41) is 14.0. The molecule has 0 unspecified atom stereocenters. The second-order valence-electron chi connectivity index (χ2n) is 3.81. The lowest BCUT2D eigenvalue weighted by Gasteiger charge is -2.06. The van der Waals surface area contributed by atoms with Crippen LogP contribution in [0.4, 0.5) is 5.69 Å². The van der Waals surface area contributed by atoms with E-state index < -0.39 is 4.92 Å². The van der Waals surface area contributed by atoms with Gasteiger partial charge in [0.2, 0.25) is 0 Å². The van der Waals surface area contributed by atoms with Gasteiger partial charge in [-0.05, 0) is 27.6 Å². The van der Waals surface area contributed by atoms with Gasteiger partial charge in [0.15, 0.2) is 0 Å². The van der Waals surface area contributed by atoms with Crippen LogP contribution in [0.5, 0.6) is 0 Å². The molecular formula is C12H11BrN4O2. The number of nitro groups is 1. The van der Waals surface area contributed by atoms with Gasteiger partial charge in [0.05, 0.1) is 15.1 Å². The predicted octanol–water partition coefficient (Wildman–Crippen LogP) is 2.44. The Kier molecular flexibility index (Phi) is 4.53. The maximum absolute atomic E-state index is 10.8. The van der Waals surface area contributed by atoms with Crippen molar-refractivity contribution in [1.82, 2.24) is 15.3 Å². The molecule has 19 heavy (non-hydrogen) atoms. The summed E-state index contributed by atoms with van der Waals surface area (Å²) in [6.45, 7) is 1.10. The number of halogens is 1. The Morgan fingerprint density at radius 3 is 2.84 bits per heavy atom. The number of hydrogen-bond donors (Lipinski definition) is 1. The van der Waals surface area contributed by atoms with Crippen LogP contribution in [0, 0.1) is 10.1 Å². The minimum Gasteiger partial charge on any atom is -0.307 e. The summed E-state index contributed by atoms with van der Waals surface area (Å²) < 4.78 is 0.509. The van der Waals surface area contributed by atoms with Gasteiger partial charge in [-0.25, -0.2) is 9.97 Å². The molecule has 0 aliphatic carbocycles. The van der Waals surface area contributed by atoms with Crippen molar-refractivity contribution in [2.75, 3.05) is 0 Å². The highest BCUT2D eigenvalue weighted by molar-refractivity contribution is 9.10. The molecule has 1 heterocycles. The van der Waals surface area contributed by atoms with E-state index in [9.17, 15) is 10.1 Å². The molecule has 0 atom stereocenters. The number of rotatable bonds is 5. The summed E-state index contributed by atoms with van der Waals surface area (Å²) in [4.78, 5) is 18.3. The summed E-state index contributed by atoms with van der Waals surface area (Å²) in [5.41, 5.74) is 1.78. The fourth-order valence-electron chi connectivity index (χ4n) is 1.59. The predicted molar refractivity (Wildman–Crippen MR) is 73.4 cm³/mol. The molecule has 0 aliphatic heterocycles. The monoisotopic (exact) mass is 322 g/mol. The second-order valence-corrected chi connectivity index (χ2v) is 4.60. The lowest BCUT2D eigenvalue weighted by molar-refractivity contribution is -0.385. The normalized spacial score (nSPS) is 10.4. The first-order valence-corrected chi connectivity index (χ1v) is 6.35. The molecule has 1 aromatic heterocycles. The van der Waals surface area contributed by atoms with E-state index >= 15 is 0 Å². The highest BCUT2D eigenvalue weighted by Gasteiger charge is 2.14. The van der Waals surface area contributed by atoms with Gasteiger partial charge in [0.25, 0.3) is 5.69 Å². The van der Waals surface area contributed by atoms with E-state index in [0.717, 1.165) is 11.3 Å². The van der Waals surface area contributed by atoms with Gasteiger partial charge in [0.1, 0.15) is 6.33 Å². The van der Waals surface area contributed by atoms with E-state index in [-0.39, 0.29) is 5.69 Å². The third kappa shape index (κ3) is 3.55. The smallest absolute Gasteiger partial charge is 0.283 e. The lowest BCUT2D eigenvalue weighted by Crippen LogP contribution is -2.14. The molecule has 2 rings (SSSR count). The number of aromatic nitrogens is 2. The highest BCUT2D eigenvalue weighted by atomic mass is 79.9. The molecule has 0 amide bonds. The molecule has 0 aliphatic rings. The molecule has 0 spiro atoms.